The number of aromatic nitrogens is 2. The van der Waals surface area contributed by atoms with E-state index in [0.29, 0.717) is 6.42 Å². The lowest BCUT2D eigenvalue weighted by atomic mass is 10.1. The SMILES string of the molecule is CCC(O)CC#Cc1[nH]cnc1C(=O)N[C@@H]1O[C@H](CO)[C@@H](O)[C@H]1O. The van der Waals surface area contributed by atoms with Gasteiger partial charge in [0.1, 0.15) is 24.0 Å². The zero-order valence-electron chi connectivity index (χ0n) is 13.1. The molecule has 0 aliphatic carbocycles. The molecule has 1 amide bonds. The van der Waals surface area contributed by atoms with Crippen molar-refractivity contribution in [2.75, 3.05) is 6.61 Å². The Morgan fingerprint density at radius 2 is 2.25 bits per heavy atom. The van der Waals surface area contributed by atoms with Crippen LogP contribution in [0.3, 0.4) is 0 Å². The van der Waals surface area contributed by atoms with Gasteiger partial charge in [0.25, 0.3) is 5.91 Å². The number of carbonyl (C=O) groups excluding carboxylic acids is 1. The van der Waals surface area contributed by atoms with Crippen LogP contribution >= 0.6 is 0 Å². The van der Waals surface area contributed by atoms with Gasteiger partial charge in [0, 0.05) is 6.42 Å². The number of hydrogen-bond acceptors (Lipinski definition) is 7. The molecule has 132 valence electrons. The van der Waals surface area contributed by atoms with Gasteiger partial charge in [0.2, 0.25) is 0 Å². The number of imidazole rings is 1. The fraction of sp³-hybridized carbons (Fsp3) is 0.600. The number of hydrogen-bond donors (Lipinski definition) is 6. The molecule has 0 aromatic carbocycles. The fourth-order valence-corrected chi connectivity index (χ4v) is 2.18. The first-order valence-corrected chi connectivity index (χ1v) is 7.61. The molecule has 0 spiro atoms. The van der Waals surface area contributed by atoms with Gasteiger partial charge in [-0.25, -0.2) is 4.98 Å². The van der Waals surface area contributed by atoms with Crippen molar-refractivity contribution >= 4 is 5.91 Å². The Morgan fingerprint density at radius 1 is 1.50 bits per heavy atom. The molecule has 5 atom stereocenters. The van der Waals surface area contributed by atoms with Crippen molar-refractivity contribution in [3.05, 3.63) is 17.7 Å². The Kier molecular flexibility index (Phi) is 6.30. The van der Waals surface area contributed by atoms with E-state index in [1.165, 1.54) is 6.33 Å². The maximum atomic E-state index is 12.2. The van der Waals surface area contributed by atoms with Crippen LogP contribution in [0.1, 0.15) is 35.9 Å². The molecule has 9 nitrogen and oxygen atoms in total. The number of ether oxygens (including phenoxy) is 1. The molecular formula is C15H21N3O6. The third kappa shape index (κ3) is 4.11. The van der Waals surface area contributed by atoms with Gasteiger partial charge in [0.05, 0.1) is 19.0 Å². The topological polar surface area (TPSA) is 148 Å². The van der Waals surface area contributed by atoms with E-state index in [2.05, 4.69) is 27.1 Å². The van der Waals surface area contributed by atoms with Crippen molar-refractivity contribution in [3.8, 4) is 11.8 Å². The molecule has 1 fully saturated rings. The zero-order chi connectivity index (χ0) is 17.7. The Bertz CT molecular complexity index is 622. The second kappa shape index (κ2) is 8.23. The average molecular weight is 339 g/mol. The van der Waals surface area contributed by atoms with E-state index in [-0.39, 0.29) is 17.8 Å². The summed E-state index contributed by atoms with van der Waals surface area (Å²) < 4.78 is 5.18. The van der Waals surface area contributed by atoms with E-state index in [1.807, 2.05) is 6.92 Å². The summed E-state index contributed by atoms with van der Waals surface area (Å²) in [5.74, 6) is 4.83. The predicted molar refractivity (Wildman–Crippen MR) is 81.6 cm³/mol. The van der Waals surface area contributed by atoms with Crippen molar-refractivity contribution in [1.29, 1.82) is 0 Å². The largest absolute Gasteiger partial charge is 0.394 e. The van der Waals surface area contributed by atoms with Gasteiger partial charge in [-0.2, -0.15) is 0 Å². The Morgan fingerprint density at radius 3 is 2.88 bits per heavy atom. The van der Waals surface area contributed by atoms with Gasteiger partial charge in [-0.1, -0.05) is 12.8 Å². The lowest BCUT2D eigenvalue weighted by molar-refractivity contribution is -0.0305. The standard InChI is InChI=1S/C15H21N3O6/c1-2-8(20)4-3-5-9-11(17-7-16-9)14(23)18-15-13(22)12(21)10(6-19)24-15/h7-8,10,12-13,15,19-22H,2,4,6H2,1H3,(H,16,17)(H,18,23)/t8?,10-,12-,13-,15-/m1/s1. The summed E-state index contributed by atoms with van der Waals surface area (Å²) in [5.41, 5.74) is 0.272. The third-order valence-electron chi connectivity index (χ3n) is 3.69. The van der Waals surface area contributed by atoms with Gasteiger partial charge >= 0.3 is 0 Å². The van der Waals surface area contributed by atoms with Crippen molar-refractivity contribution in [3.63, 3.8) is 0 Å². The first-order chi connectivity index (χ1) is 11.5. The van der Waals surface area contributed by atoms with Crippen LogP contribution in [0.15, 0.2) is 6.33 Å². The minimum absolute atomic E-state index is 0.00577. The van der Waals surface area contributed by atoms with E-state index in [4.69, 9.17) is 9.84 Å². The maximum Gasteiger partial charge on any atom is 0.274 e. The molecule has 9 heteroatoms. The molecule has 1 aromatic rings. The molecule has 1 saturated heterocycles. The average Bonchev–Trinajstić information content (AvgIpc) is 3.14. The van der Waals surface area contributed by atoms with Gasteiger partial charge in [-0.05, 0) is 12.3 Å². The number of aliphatic hydroxyl groups is 4. The number of nitrogens with zero attached hydrogens (tertiary/aromatic N) is 1. The minimum Gasteiger partial charge on any atom is -0.394 e. The van der Waals surface area contributed by atoms with Crippen LogP contribution in [-0.2, 0) is 4.74 Å². The summed E-state index contributed by atoms with van der Waals surface area (Å²) in [6, 6.07) is 0. The highest BCUT2D eigenvalue weighted by Crippen LogP contribution is 2.19. The summed E-state index contributed by atoms with van der Waals surface area (Å²) in [5, 5.41) is 40.4. The molecular weight excluding hydrogens is 318 g/mol. The van der Waals surface area contributed by atoms with Gasteiger partial charge in [0.15, 0.2) is 11.9 Å². The van der Waals surface area contributed by atoms with Crippen LogP contribution in [0, 0.1) is 11.8 Å². The van der Waals surface area contributed by atoms with Crippen LogP contribution in [-0.4, -0.2) is 73.6 Å². The predicted octanol–water partition coefficient (Wildman–Crippen LogP) is -1.91. The molecule has 24 heavy (non-hydrogen) atoms. The molecule has 1 unspecified atom stereocenters. The Hall–Kier alpha value is -1.96. The summed E-state index contributed by atoms with van der Waals surface area (Å²) in [6.07, 6.45) is -3.18. The summed E-state index contributed by atoms with van der Waals surface area (Å²) in [7, 11) is 0. The third-order valence-corrected chi connectivity index (χ3v) is 3.69. The number of rotatable bonds is 5. The van der Waals surface area contributed by atoms with Crippen LogP contribution in [0.4, 0.5) is 0 Å². The minimum atomic E-state index is -1.36. The van der Waals surface area contributed by atoms with E-state index >= 15 is 0 Å². The second-order valence-electron chi connectivity index (χ2n) is 5.43. The van der Waals surface area contributed by atoms with E-state index in [0.717, 1.165) is 0 Å². The summed E-state index contributed by atoms with van der Waals surface area (Å²) in [4.78, 5) is 18.8. The van der Waals surface area contributed by atoms with Crippen molar-refractivity contribution < 1.29 is 30.0 Å². The molecule has 0 bridgehead atoms. The van der Waals surface area contributed by atoms with E-state index in [9.17, 15) is 20.1 Å². The first kappa shape index (κ1) is 18.4. The molecule has 6 N–H and O–H groups in total. The number of aromatic amines is 1. The summed E-state index contributed by atoms with van der Waals surface area (Å²) >= 11 is 0. The maximum absolute atomic E-state index is 12.2. The molecule has 1 aromatic heterocycles. The molecule has 1 aliphatic rings. The summed E-state index contributed by atoms with van der Waals surface area (Å²) in [6.45, 7) is 1.35. The van der Waals surface area contributed by atoms with Gasteiger partial charge < -0.3 is 35.5 Å². The number of aliphatic hydroxyl groups excluding tert-OH is 4. The van der Waals surface area contributed by atoms with Crippen LogP contribution in [0.25, 0.3) is 0 Å². The number of amides is 1. The lowest BCUT2D eigenvalue weighted by Crippen LogP contribution is -2.44. The smallest absolute Gasteiger partial charge is 0.274 e. The van der Waals surface area contributed by atoms with Gasteiger partial charge in [-0.3, -0.25) is 4.79 Å². The number of H-pyrrole nitrogens is 1. The van der Waals surface area contributed by atoms with Gasteiger partial charge in [-0.15, -0.1) is 0 Å². The van der Waals surface area contributed by atoms with Crippen LogP contribution in [0.2, 0.25) is 0 Å². The molecule has 0 radical (unpaired) electrons. The van der Waals surface area contributed by atoms with E-state index < -0.39 is 43.2 Å². The zero-order valence-corrected chi connectivity index (χ0v) is 13.1. The fourth-order valence-electron chi connectivity index (χ4n) is 2.18. The number of carbonyl (C=O) groups is 1. The second-order valence-corrected chi connectivity index (χ2v) is 5.43. The Balaban J connectivity index is 2.02. The van der Waals surface area contributed by atoms with Crippen molar-refractivity contribution in [1.82, 2.24) is 15.3 Å². The quantitative estimate of drug-likeness (QED) is 0.343. The molecule has 1 aliphatic heterocycles. The Labute approximate surface area is 138 Å². The van der Waals surface area contributed by atoms with Crippen molar-refractivity contribution in [2.45, 2.75) is 50.4 Å². The molecule has 2 rings (SSSR count). The highest BCUT2D eigenvalue weighted by Gasteiger charge is 2.43. The van der Waals surface area contributed by atoms with Crippen LogP contribution < -0.4 is 5.32 Å². The van der Waals surface area contributed by atoms with Crippen molar-refractivity contribution in [2.24, 2.45) is 0 Å². The highest BCUT2D eigenvalue weighted by molar-refractivity contribution is 5.94. The number of nitrogens with one attached hydrogen (secondary N) is 2. The monoisotopic (exact) mass is 339 g/mol. The lowest BCUT2D eigenvalue weighted by Gasteiger charge is -2.15. The van der Waals surface area contributed by atoms with Crippen LogP contribution in [0.5, 0.6) is 0 Å². The first-order valence-electron chi connectivity index (χ1n) is 7.61. The molecule has 0 saturated carbocycles. The van der Waals surface area contributed by atoms with E-state index in [1.54, 1.807) is 0 Å². The normalized spacial score (nSPS) is 27.4. The molecule has 2 heterocycles. The highest BCUT2D eigenvalue weighted by atomic mass is 16.6.